The van der Waals surface area contributed by atoms with Crippen molar-refractivity contribution < 1.29 is 4.39 Å². The highest BCUT2D eigenvalue weighted by Crippen LogP contribution is 1.94. The highest BCUT2D eigenvalue weighted by atomic mass is 19.1. The van der Waals surface area contributed by atoms with Crippen LogP contribution in [0.25, 0.3) is 0 Å². The van der Waals surface area contributed by atoms with Gasteiger partial charge in [-0.3, -0.25) is 4.99 Å². The summed E-state index contributed by atoms with van der Waals surface area (Å²) < 4.78 is 12.3. The van der Waals surface area contributed by atoms with E-state index in [4.69, 9.17) is 5.73 Å². The lowest BCUT2D eigenvalue weighted by Crippen LogP contribution is -2.12. The van der Waals surface area contributed by atoms with Gasteiger partial charge in [0, 0.05) is 6.54 Å². The van der Waals surface area contributed by atoms with Gasteiger partial charge in [-0.2, -0.15) is 0 Å². The maximum atomic E-state index is 12.3. The van der Waals surface area contributed by atoms with Crippen molar-refractivity contribution in [2.45, 2.75) is 13.8 Å². The molecule has 2 nitrogen and oxygen atoms in total. The van der Waals surface area contributed by atoms with Gasteiger partial charge in [-0.15, -0.1) is 0 Å². The van der Waals surface area contributed by atoms with Crippen molar-refractivity contribution in [1.29, 1.82) is 0 Å². The summed E-state index contributed by atoms with van der Waals surface area (Å²) in [6.07, 6.45) is 1.29. The third kappa shape index (κ3) is 2.85. The fourth-order valence-corrected chi connectivity index (χ4v) is 0.394. The van der Waals surface area contributed by atoms with Crippen LogP contribution in [-0.2, 0) is 0 Å². The van der Waals surface area contributed by atoms with Crippen LogP contribution in [0, 0.1) is 0 Å². The molecule has 0 heterocycles. The summed E-state index contributed by atoms with van der Waals surface area (Å²) in [5, 5.41) is 0. The molecule has 0 aliphatic carbocycles. The van der Waals surface area contributed by atoms with Gasteiger partial charge in [0.15, 0.2) is 11.7 Å². The zero-order chi connectivity index (χ0) is 7.28. The summed E-state index contributed by atoms with van der Waals surface area (Å²) in [6, 6.07) is 0. The molecule has 0 saturated carbocycles. The zero-order valence-electron chi connectivity index (χ0n) is 5.69. The van der Waals surface area contributed by atoms with Gasteiger partial charge in [-0.05, 0) is 19.9 Å². The van der Waals surface area contributed by atoms with Crippen LogP contribution < -0.4 is 5.73 Å². The van der Waals surface area contributed by atoms with Crippen LogP contribution in [0.5, 0.6) is 0 Å². The van der Waals surface area contributed by atoms with Crippen LogP contribution in [0.2, 0.25) is 0 Å². The highest BCUT2D eigenvalue weighted by molar-refractivity contribution is 5.94. The van der Waals surface area contributed by atoms with E-state index in [9.17, 15) is 4.39 Å². The third-order valence-electron chi connectivity index (χ3n) is 0.827. The minimum atomic E-state index is -0.447. The topological polar surface area (TPSA) is 38.4 Å². The molecule has 9 heavy (non-hydrogen) atoms. The molecule has 0 aliphatic rings. The van der Waals surface area contributed by atoms with Crippen molar-refractivity contribution in [3.63, 3.8) is 0 Å². The average molecular weight is 130 g/mol. The molecule has 2 N–H and O–H groups in total. The maximum absolute atomic E-state index is 12.3. The van der Waals surface area contributed by atoms with Gasteiger partial charge in [0.2, 0.25) is 0 Å². The predicted octanol–water partition coefficient (Wildman–Crippen LogP) is 1.24. The molecule has 0 aliphatic heterocycles. The van der Waals surface area contributed by atoms with Crippen LogP contribution in [-0.4, -0.2) is 12.4 Å². The van der Waals surface area contributed by atoms with Crippen LogP contribution in [0.4, 0.5) is 4.39 Å². The Balaban J connectivity index is 4.03. The number of nitrogens with zero attached hydrogens (tertiary/aromatic N) is 1. The largest absolute Gasteiger partial charge is 0.382 e. The van der Waals surface area contributed by atoms with Crippen molar-refractivity contribution in [2.75, 3.05) is 6.54 Å². The van der Waals surface area contributed by atoms with Gasteiger partial charge in [0.25, 0.3) is 0 Å². The molecule has 0 bridgehead atoms. The summed E-state index contributed by atoms with van der Waals surface area (Å²) in [5.41, 5.74) is 5.14. The molecular formula is C6H11FN2. The minimum Gasteiger partial charge on any atom is -0.382 e. The van der Waals surface area contributed by atoms with Crippen molar-refractivity contribution in [1.82, 2.24) is 0 Å². The van der Waals surface area contributed by atoms with Gasteiger partial charge >= 0.3 is 0 Å². The fourth-order valence-electron chi connectivity index (χ4n) is 0.394. The van der Waals surface area contributed by atoms with E-state index < -0.39 is 5.83 Å². The van der Waals surface area contributed by atoms with Gasteiger partial charge in [-0.1, -0.05) is 0 Å². The van der Waals surface area contributed by atoms with Crippen LogP contribution >= 0.6 is 0 Å². The molecule has 0 aromatic rings. The number of amidine groups is 1. The first-order chi connectivity index (χ1) is 4.22. The first-order valence-electron chi connectivity index (χ1n) is 2.84. The second kappa shape index (κ2) is 4.06. The van der Waals surface area contributed by atoms with Gasteiger partial charge < -0.3 is 5.73 Å². The molecule has 0 atom stereocenters. The minimum absolute atomic E-state index is 0.0139. The van der Waals surface area contributed by atoms with E-state index >= 15 is 0 Å². The molecule has 0 amide bonds. The number of aliphatic imine (C=N–C) groups is 1. The Morgan fingerprint density at radius 2 is 2.33 bits per heavy atom. The monoisotopic (exact) mass is 130 g/mol. The van der Waals surface area contributed by atoms with E-state index in [1.54, 1.807) is 13.8 Å². The molecule has 0 spiro atoms. The Morgan fingerprint density at radius 3 is 2.67 bits per heavy atom. The SMILES string of the molecule is C/C=C(/F)C(N)=NCC. The van der Waals surface area contributed by atoms with Gasteiger partial charge in [0.05, 0.1) is 0 Å². The molecule has 3 heteroatoms. The Bertz CT molecular complexity index is 138. The highest BCUT2D eigenvalue weighted by Gasteiger charge is 1.95. The molecule has 0 aromatic heterocycles. The lowest BCUT2D eigenvalue weighted by atomic mass is 10.4. The molecule has 0 aromatic carbocycles. The lowest BCUT2D eigenvalue weighted by Gasteiger charge is -1.92. The van der Waals surface area contributed by atoms with Crippen LogP contribution in [0.1, 0.15) is 13.8 Å². The number of hydrogen-bond donors (Lipinski definition) is 1. The van der Waals surface area contributed by atoms with Crippen molar-refractivity contribution >= 4 is 5.84 Å². The Morgan fingerprint density at radius 1 is 1.78 bits per heavy atom. The first-order valence-corrected chi connectivity index (χ1v) is 2.84. The Hall–Kier alpha value is -0.860. The molecule has 0 rings (SSSR count). The number of allylic oxidation sites excluding steroid dienone is 1. The Labute approximate surface area is 54.3 Å². The first kappa shape index (κ1) is 8.14. The molecular weight excluding hydrogens is 119 g/mol. The summed E-state index contributed by atoms with van der Waals surface area (Å²) in [5.74, 6) is -0.461. The van der Waals surface area contributed by atoms with Gasteiger partial charge in [0.1, 0.15) is 0 Å². The van der Waals surface area contributed by atoms with E-state index in [0.717, 1.165) is 0 Å². The van der Waals surface area contributed by atoms with Crippen LogP contribution in [0.15, 0.2) is 16.9 Å². The van der Waals surface area contributed by atoms with E-state index in [0.29, 0.717) is 6.54 Å². The number of nitrogens with two attached hydrogens (primary N) is 1. The normalized spacial score (nSPS) is 14.1. The lowest BCUT2D eigenvalue weighted by molar-refractivity contribution is 0.676. The van der Waals surface area contributed by atoms with Crippen molar-refractivity contribution in [3.8, 4) is 0 Å². The number of hydrogen-bond acceptors (Lipinski definition) is 1. The zero-order valence-corrected chi connectivity index (χ0v) is 5.69. The summed E-state index contributed by atoms with van der Waals surface area (Å²) in [4.78, 5) is 3.65. The van der Waals surface area contributed by atoms with E-state index in [2.05, 4.69) is 4.99 Å². The van der Waals surface area contributed by atoms with Crippen molar-refractivity contribution in [2.24, 2.45) is 10.7 Å². The van der Waals surface area contributed by atoms with Crippen molar-refractivity contribution in [3.05, 3.63) is 11.9 Å². The second-order valence-corrected chi connectivity index (χ2v) is 1.50. The van der Waals surface area contributed by atoms with E-state index in [1.807, 2.05) is 0 Å². The molecule has 0 unspecified atom stereocenters. The van der Waals surface area contributed by atoms with E-state index in [1.165, 1.54) is 6.08 Å². The van der Waals surface area contributed by atoms with Crippen LogP contribution in [0.3, 0.4) is 0 Å². The van der Waals surface area contributed by atoms with E-state index in [-0.39, 0.29) is 5.84 Å². The Kier molecular flexibility index (Phi) is 3.67. The molecule has 52 valence electrons. The fraction of sp³-hybridized carbons (Fsp3) is 0.500. The standard InChI is InChI=1S/C6H11FN2/c1-3-5(7)6(8)9-4-2/h3H,4H2,1-2H3,(H2,8,9)/b5-3+. The predicted molar refractivity (Wildman–Crippen MR) is 37.0 cm³/mol. The summed E-state index contributed by atoms with van der Waals surface area (Å²) >= 11 is 0. The average Bonchev–Trinajstić information content (AvgIpc) is 1.87. The molecule has 0 saturated heterocycles. The summed E-state index contributed by atoms with van der Waals surface area (Å²) in [7, 11) is 0. The number of rotatable bonds is 2. The smallest absolute Gasteiger partial charge is 0.160 e. The molecule has 0 radical (unpaired) electrons. The second-order valence-electron chi connectivity index (χ2n) is 1.50. The molecule has 0 fully saturated rings. The maximum Gasteiger partial charge on any atom is 0.160 e. The number of halogens is 1. The quantitative estimate of drug-likeness (QED) is 0.443. The summed E-state index contributed by atoms with van der Waals surface area (Å²) in [6.45, 7) is 3.90. The van der Waals surface area contributed by atoms with Gasteiger partial charge in [-0.25, -0.2) is 4.39 Å². The third-order valence-corrected chi connectivity index (χ3v) is 0.827.